The van der Waals surface area contributed by atoms with Crippen molar-refractivity contribution in [3.8, 4) is 0 Å². The number of benzene rings is 2. The van der Waals surface area contributed by atoms with Gasteiger partial charge in [0.05, 0.1) is 11.1 Å². The normalized spacial score (nSPS) is 20.2. The number of fused-ring (bicyclic) bond motifs is 1. The average molecular weight is 405 g/mol. The number of hydrogen-bond acceptors (Lipinski definition) is 4. The molecule has 0 aliphatic carbocycles. The molecule has 0 aromatic heterocycles. The zero-order valence-electron chi connectivity index (χ0n) is 17.4. The smallest absolute Gasteiger partial charge is 0.262 e. The molecular formula is C24H27N3O3. The van der Waals surface area contributed by atoms with E-state index in [9.17, 15) is 14.4 Å². The molecule has 1 saturated heterocycles. The molecule has 156 valence electrons. The SMILES string of the molecule is CC1CCCCN1Cc1ccc(NC(=O)C(C)N2C(=O)c3ccccc3C2=O)cc1. The molecule has 1 fully saturated rings. The monoisotopic (exact) mass is 405 g/mol. The van der Waals surface area contributed by atoms with Crippen LogP contribution in [-0.2, 0) is 11.3 Å². The van der Waals surface area contributed by atoms with Crippen LogP contribution in [0.5, 0.6) is 0 Å². The van der Waals surface area contributed by atoms with Crippen molar-refractivity contribution >= 4 is 23.4 Å². The highest BCUT2D eigenvalue weighted by Gasteiger charge is 2.40. The maximum Gasteiger partial charge on any atom is 0.262 e. The van der Waals surface area contributed by atoms with Gasteiger partial charge in [-0.1, -0.05) is 30.7 Å². The van der Waals surface area contributed by atoms with E-state index in [1.807, 2.05) is 24.3 Å². The third-order valence-electron chi connectivity index (χ3n) is 6.14. The highest BCUT2D eigenvalue weighted by atomic mass is 16.2. The molecule has 0 spiro atoms. The zero-order valence-corrected chi connectivity index (χ0v) is 17.4. The van der Waals surface area contributed by atoms with Gasteiger partial charge in [0.1, 0.15) is 6.04 Å². The summed E-state index contributed by atoms with van der Waals surface area (Å²) in [4.78, 5) is 41.4. The minimum Gasteiger partial charge on any atom is -0.324 e. The second-order valence-corrected chi connectivity index (χ2v) is 8.20. The Balaban J connectivity index is 1.39. The summed E-state index contributed by atoms with van der Waals surface area (Å²) in [7, 11) is 0. The molecular weight excluding hydrogens is 378 g/mol. The molecule has 1 N–H and O–H groups in total. The first-order valence-corrected chi connectivity index (χ1v) is 10.6. The van der Waals surface area contributed by atoms with E-state index in [-0.39, 0.29) is 5.91 Å². The highest BCUT2D eigenvalue weighted by molar-refractivity contribution is 6.23. The van der Waals surface area contributed by atoms with Gasteiger partial charge in [-0.05, 0) is 63.1 Å². The minimum atomic E-state index is -0.897. The lowest BCUT2D eigenvalue weighted by Crippen LogP contribution is -2.45. The molecule has 2 unspecified atom stereocenters. The van der Waals surface area contributed by atoms with Gasteiger partial charge in [0.25, 0.3) is 11.8 Å². The Hall–Kier alpha value is -2.99. The number of hydrogen-bond donors (Lipinski definition) is 1. The Bertz CT molecular complexity index is 935. The van der Waals surface area contributed by atoms with Gasteiger partial charge in [-0.3, -0.25) is 24.2 Å². The van der Waals surface area contributed by atoms with Crippen LogP contribution in [0.25, 0.3) is 0 Å². The number of piperidine rings is 1. The molecule has 4 rings (SSSR count). The number of carbonyl (C=O) groups excluding carboxylic acids is 3. The predicted octanol–water partition coefficient (Wildman–Crippen LogP) is 3.68. The molecule has 2 atom stereocenters. The molecule has 3 amide bonds. The first-order chi connectivity index (χ1) is 14.5. The molecule has 6 heteroatoms. The largest absolute Gasteiger partial charge is 0.324 e. The summed E-state index contributed by atoms with van der Waals surface area (Å²) < 4.78 is 0. The third kappa shape index (κ3) is 3.87. The van der Waals surface area contributed by atoms with Crippen molar-refractivity contribution in [3.63, 3.8) is 0 Å². The van der Waals surface area contributed by atoms with Crippen LogP contribution in [0.1, 0.15) is 59.4 Å². The van der Waals surface area contributed by atoms with Crippen LogP contribution in [0.4, 0.5) is 5.69 Å². The van der Waals surface area contributed by atoms with Crippen molar-refractivity contribution in [2.24, 2.45) is 0 Å². The Morgan fingerprint density at radius 1 is 1.03 bits per heavy atom. The lowest BCUT2D eigenvalue weighted by Gasteiger charge is -2.33. The summed E-state index contributed by atoms with van der Waals surface area (Å²) in [6, 6.07) is 14.1. The molecule has 0 bridgehead atoms. The summed E-state index contributed by atoms with van der Waals surface area (Å²) in [5.74, 6) is -1.24. The maximum absolute atomic E-state index is 12.7. The molecule has 2 aliphatic heterocycles. The second-order valence-electron chi connectivity index (χ2n) is 8.20. The number of anilines is 1. The van der Waals surface area contributed by atoms with Crippen molar-refractivity contribution < 1.29 is 14.4 Å². The summed E-state index contributed by atoms with van der Waals surface area (Å²) in [6.07, 6.45) is 3.78. The van der Waals surface area contributed by atoms with Gasteiger partial charge in [-0.15, -0.1) is 0 Å². The van der Waals surface area contributed by atoms with Crippen molar-refractivity contribution in [2.75, 3.05) is 11.9 Å². The Labute approximate surface area is 176 Å². The van der Waals surface area contributed by atoms with Crippen molar-refractivity contribution in [1.82, 2.24) is 9.80 Å². The lowest BCUT2D eigenvalue weighted by atomic mass is 10.0. The summed E-state index contributed by atoms with van der Waals surface area (Å²) in [5.41, 5.74) is 2.55. The topological polar surface area (TPSA) is 69.7 Å². The van der Waals surface area contributed by atoms with E-state index >= 15 is 0 Å². The van der Waals surface area contributed by atoms with Crippen LogP contribution in [0.15, 0.2) is 48.5 Å². The van der Waals surface area contributed by atoms with Crippen LogP contribution < -0.4 is 5.32 Å². The van der Waals surface area contributed by atoms with Crippen LogP contribution in [0, 0.1) is 0 Å². The standard InChI is InChI=1S/C24H27N3O3/c1-16-7-5-6-14-26(16)15-18-10-12-19(13-11-18)25-22(28)17(2)27-23(29)20-8-3-4-9-21(20)24(27)30/h3-4,8-13,16-17H,5-7,14-15H2,1-2H3,(H,25,28). The van der Waals surface area contributed by atoms with Gasteiger partial charge in [0.15, 0.2) is 0 Å². The molecule has 2 aromatic rings. The summed E-state index contributed by atoms with van der Waals surface area (Å²) >= 11 is 0. The number of carbonyl (C=O) groups is 3. The zero-order chi connectivity index (χ0) is 21.3. The first kappa shape index (κ1) is 20.3. The van der Waals surface area contributed by atoms with Gasteiger partial charge < -0.3 is 5.32 Å². The maximum atomic E-state index is 12.7. The number of amides is 3. The molecule has 30 heavy (non-hydrogen) atoms. The number of nitrogens with zero attached hydrogens (tertiary/aromatic N) is 2. The van der Waals surface area contributed by atoms with Crippen LogP contribution >= 0.6 is 0 Å². The Kier molecular flexibility index (Phi) is 5.68. The van der Waals surface area contributed by atoms with E-state index in [4.69, 9.17) is 0 Å². The van der Waals surface area contributed by atoms with Crippen LogP contribution in [0.3, 0.4) is 0 Å². The van der Waals surface area contributed by atoms with Crippen LogP contribution in [-0.4, -0.2) is 46.1 Å². The molecule has 2 aromatic carbocycles. The molecule has 2 heterocycles. The fourth-order valence-corrected chi connectivity index (χ4v) is 4.24. The van der Waals surface area contributed by atoms with Crippen LogP contribution in [0.2, 0.25) is 0 Å². The average Bonchev–Trinajstić information content (AvgIpc) is 3.01. The predicted molar refractivity (Wildman–Crippen MR) is 115 cm³/mol. The van der Waals surface area contributed by atoms with Crippen molar-refractivity contribution in [1.29, 1.82) is 0 Å². The molecule has 6 nitrogen and oxygen atoms in total. The van der Waals surface area contributed by atoms with E-state index in [1.54, 1.807) is 31.2 Å². The summed E-state index contributed by atoms with van der Waals surface area (Å²) in [5, 5.41) is 2.83. The van der Waals surface area contributed by atoms with E-state index in [0.29, 0.717) is 22.9 Å². The van der Waals surface area contributed by atoms with E-state index < -0.39 is 17.9 Å². The Morgan fingerprint density at radius 3 is 2.27 bits per heavy atom. The van der Waals surface area contributed by atoms with Gasteiger partial charge in [-0.25, -0.2) is 0 Å². The number of imide groups is 1. The quantitative estimate of drug-likeness (QED) is 0.771. The van der Waals surface area contributed by atoms with Gasteiger partial charge in [0.2, 0.25) is 5.91 Å². The summed E-state index contributed by atoms with van der Waals surface area (Å²) in [6.45, 7) is 5.87. The van der Waals surface area contributed by atoms with E-state index in [2.05, 4.69) is 17.1 Å². The Morgan fingerprint density at radius 2 is 1.67 bits per heavy atom. The number of likely N-dealkylation sites (tertiary alicyclic amines) is 1. The highest BCUT2D eigenvalue weighted by Crippen LogP contribution is 2.25. The number of nitrogens with one attached hydrogen (secondary N) is 1. The molecule has 0 radical (unpaired) electrons. The third-order valence-corrected chi connectivity index (χ3v) is 6.14. The number of rotatable bonds is 5. The first-order valence-electron chi connectivity index (χ1n) is 10.6. The van der Waals surface area contributed by atoms with Crippen molar-refractivity contribution in [3.05, 3.63) is 65.2 Å². The molecule has 2 aliphatic rings. The lowest BCUT2D eigenvalue weighted by molar-refractivity contribution is -0.119. The fourth-order valence-electron chi connectivity index (χ4n) is 4.24. The second kappa shape index (κ2) is 8.40. The van der Waals surface area contributed by atoms with E-state index in [0.717, 1.165) is 18.0 Å². The van der Waals surface area contributed by atoms with Gasteiger partial charge in [-0.2, -0.15) is 0 Å². The fraction of sp³-hybridized carbons (Fsp3) is 0.375. The van der Waals surface area contributed by atoms with Crippen molar-refractivity contribution in [2.45, 2.75) is 51.7 Å². The minimum absolute atomic E-state index is 0.346. The van der Waals surface area contributed by atoms with E-state index in [1.165, 1.54) is 24.8 Å². The molecule has 0 saturated carbocycles. The van der Waals surface area contributed by atoms with Gasteiger partial charge in [0, 0.05) is 18.3 Å². The van der Waals surface area contributed by atoms with Gasteiger partial charge >= 0.3 is 0 Å².